The van der Waals surface area contributed by atoms with Crippen LogP contribution < -0.4 is 4.74 Å². The lowest BCUT2D eigenvalue weighted by Gasteiger charge is -2.19. The van der Waals surface area contributed by atoms with Gasteiger partial charge in [-0.1, -0.05) is 92.1 Å². The fourth-order valence-electron chi connectivity index (χ4n) is 3.91. The maximum Gasteiger partial charge on any atom is 0.314 e. The molecule has 0 N–H and O–H groups in total. The number of ketones is 1. The van der Waals surface area contributed by atoms with Gasteiger partial charge < -0.3 is 4.74 Å². The van der Waals surface area contributed by atoms with Gasteiger partial charge in [-0.25, -0.2) is 0 Å². The van der Waals surface area contributed by atoms with Crippen molar-refractivity contribution in [3.63, 3.8) is 0 Å². The molecule has 156 valence electrons. The lowest BCUT2D eigenvalue weighted by molar-refractivity contribution is -0.139. The fourth-order valence-corrected chi connectivity index (χ4v) is 3.91. The first kappa shape index (κ1) is 20.8. The van der Waals surface area contributed by atoms with E-state index in [2.05, 4.69) is 0 Å². The predicted molar refractivity (Wildman–Crippen MR) is 124 cm³/mol. The summed E-state index contributed by atoms with van der Waals surface area (Å²) in [5, 5.41) is 0. The number of carbonyl (C=O) groups excluding carboxylic acids is 2. The zero-order valence-electron chi connectivity index (χ0n) is 17.5. The number of carbonyl (C=O) groups is 2. The topological polar surface area (TPSA) is 43.4 Å². The number of hydrogen-bond donors (Lipinski definition) is 0. The molecule has 0 amide bonds. The van der Waals surface area contributed by atoms with Crippen molar-refractivity contribution in [2.75, 3.05) is 0 Å². The highest BCUT2D eigenvalue weighted by Gasteiger charge is 2.22. The van der Waals surface area contributed by atoms with Crippen LogP contribution >= 0.6 is 0 Å². The lowest BCUT2D eigenvalue weighted by Crippen LogP contribution is -2.22. The van der Waals surface area contributed by atoms with Crippen LogP contribution in [0.4, 0.5) is 0 Å². The Labute approximate surface area is 183 Å². The average molecular weight is 411 g/mol. The summed E-state index contributed by atoms with van der Waals surface area (Å²) in [5.41, 5.74) is 3.74. The van der Waals surface area contributed by atoms with Gasteiger partial charge in [0.25, 0.3) is 0 Å². The molecular weight excluding hydrogens is 384 g/mol. The summed E-state index contributed by atoms with van der Waals surface area (Å²) in [7, 11) is 0. The summed E-state index contributed by atoms with van der Waals surface area (Å²) < 4.78 is 5.52. The highest BCUT2D eigenvalue weighted by molar-refractivity contribution is 6.07. The molecule has 0 heterocycles. The number of ether oxygens (including phenoxy) is 1. The molecule has 0 radical (unpaired) electrons. The first-order chi connectivity index (χ1) is 15.2. The minimum absolute atomic E-state index is 0.0271. The summed E-state index contributed by atoms with van der Waals surface area (Å²) >= 11 is 0. The molecule has 1 aliphatic carbocycles. The van der Waals surface area contributed by atoms with Crippen molar-refractivity contribution in [3.05, 3.63) is 96.1 Å². The fraction of sp³-hybridized carbons (Fsp3) is 0.214. The van der Waals surface area contributed by atoms with Crippen LogP contribution in [0, 0.1) is 5.92 Å². The van der Waals surface area contributed by atoms with Crippen molar-refractivity contribution in [3.8, 4) is 16.9 Å². The van der Waals surface area contributed by atoms with Gasteiger partial charge in [-0.05, 0) is 47.7 Å². The zero-order valence-corrected chi connectivity index (χ0v) is 17.5. The molecule has 3 heteroatoms. The molecule has 0 saturated heterocycles. The van der Waals surface area contributed by atoms with E-state index in [0.29, 0.717) is 11.3 Å². The van der Waals surface area contributed by atoms with Crippen molar-refractivity contribution >= 4 is 17.8 Å². The van der Waals surface area contributed by atoms with Gasteiger partial charge >= 0.3 is 5.97 Å². The van der Waals surface area contributed by atoms with E-state index in [1.807, 2.05) is 66.7 Å². The lowest BCUT2D eigenvalue weighted by atomic mass is 9.89. The van der Waals surface area contributed by atoms with E-state index in [1.54, 1.807) is 24.3 Å². The van der Waals surface area contributed by atoms with E-state index in [9.17, 15) is 9.59 Å². The monoisotopic (exact) mass is 410 g/mol. The number of benzene rings is 3. The maximum absolute atomic E-state index is 12.5. The van der Waals surface area contributed by atoms with Crippen LogP contribution in [0.5, 0.6) is 5.75 Å². The quantitative estimate of drug-likeness (QED) is 0.196. The van der Waals surface area contributed by atoms with E-state index in [4.69, 9.17) is 4.74 Å². The van der Waals surface area contributed by atoms with Crippen LogP contribution in [-0.4, -0.2) is 11.8 Å². The molecule has 0 atom stereocenters. The van der Waals surface area contributed by atoms with E-state index in [1.165, 1.54) is 6.42 Å². The molecule has 3 aromatic carbocycles. The molecule has 31 heavy (non-hydrogen) atoms. The molecule has 1 saturated carbocycles. The Kier molecular flexibility index (Phi) is 6.73. The first-order valence-electron chi connectivity index (χ1n) is 10.9. The standard InChI is InChI=1S/C28H26O3/c29-27(24-16-14-23(15-17-24)22-7-3-1-4-8-22)20-13-21-11-18-26(19-12-21)31-28(30)25-9-5-2-6-10-25/h1,3-4,7-8,11-20,25H,2,5-6,9-10H2. The van der Waals surface area contributed by atoms with Crippen LogP contribution in [0.2, 0.25) is 0 Å². The van der Waals surface area contributed by atoms with Gasteiger partial charge in [0.05, 0.1) is 5.92 Å². The Balaban J connectivity index is 1.34. The largest absolute Gasteiger partial charge is 0.426 e. The van der Waals surface area contributed by atoms with Crippen LogP contribution in [0.1, 0.15) is 48.0 Å². The van der Waals surface area contributed by atoms with Crippen molar-refractivity contribution in [1.29, 1.82) is 0 Å². The van der Waals surface area contributed by atoms with Crippen LogP contribution in [-0.2, 0) is 4.79 Å². The van der Waals surface area contributed by atoms with Crippen LogP contribution in [0.3, 0.4) is 0 Å². The first-order valence-corrected chi connectivity index (χ1v) is 10.9. The normalized spacial score (nSPS) is 14.5. The van der Waals surface area contributed by atoms with Crippen molar-refractivity contribution < 1.29 is 14.3 Å². The third-order valence-electron chi connectivity index (χ3n) is 5.74. The smallest absolute Gasteiger partial charge is 0.314 e. The second-order valence-electron chi connectivity index (χ2n) is 7.97. The molecule has 0 aliphatic heterocycles. The van der Waals surface area contributed by atoms with Gasteiger partial charge in [0, 0.05) is 5.56 Å². The highest BCUT2D eigenvalue weighted by Crippen LogP contribution is 2.26. The van der Waals surface area contributed by atoms with Gasteiger partial charge in [-0.15, -0.1) is 0 Å². The Morgan fingerprint density at radius 1 is 0.742 bits per heavy atom. The van der Waals surface area contributed by atoms with Gasteiger partial charge in [-0.2, -0.15) is 0 Å². The summed E-state index contributed by atoms with van der Waals surface area (Å²) in [6.07, 6.45) is 8.61. The average Bonchev–Trinajstić information content (AvgIpc) is 2.84. The van der Waals surface area contributed by atoms with Gasteiger partial charge in [-0.3, -0.25) is 9.59 Å². The van der Waals surface area contributed by atoms with Crippen molar-refractivity contribution in [2.24, 2.45) is 5.92 Å². The summed E-state index contributed by atoms with van der Waals surface area (Å²) in [5.74, 6) is 0.402. The summed E-state index contributed by atoms with van der Waals surface area (Å²) in [6.45, 7) is 0. The number of esters is 1. The molecule has 3 aromatic rings. The zero-order chi connectivity index (χ0) is 21.5. The van der Waals surface area contributed by atoms with E-state index in [-0.39, 0.29) is 17.7 Å². The van der Waals surface area contributed by atoms with E-state index >= 15 is 0 Å². The Morgan fingerprint density at radius 2 is 1.39 bits per heavy atom. The van der Waals surface area contributed by atoms with Crippen molar-refractivity contribution in [2.45, 2.75) is 32.1 Å². The number of hydrogen-bond acceptors (Lipinski definition) is 3. The van der Waals surface area contributed by atoms with Gasteiger partial charge in [0.1, 0.15) is 5.75 Å². The molecule has 0 spiro atoms. The molecular formula is C28H26O3. The minimum atomic E-state index is -0.128. The Hall–Kier alpha value is -3.46. The maximum atomic E-state index is 12.5. The third-order valence-corrected chi connectivity index (χ3v) is 5.74. The van der Waals surface area contributed by atoms with Crippen LogP contribution in [0.15, 0.2) is 84.9 Å². The molecule has 1 fully saturated rings. The molecule has 4 rings (SSSR count). The second-order valence-corrected chi connectivity index (χ2v) is 7.97. The van der Waals surface area contributed by atoms with Crippen molar-refractivity contribution in [1.82, 2.24) is 0 Å². The Morgan fingerprint density at radius 3 is 2.06 bits per heavy atom. The van der Waals surface area contributed by atoms with Gasteiger partial charge in [0.2, 0.25) is 0 Å². The molecule has 3 nitrogen and oxygen atoms in total. The highest BCUT2D eigenvalue weighted by atomic mass is 16.5. The summed E-state index contributed by atoms with van der Waals surface area (Å²) in [4.78, 5) is 24.8. The van der Waals surface area contributed by atoms with Gasteiger partial charge in [0.15, 0.2) is 5.78 Å². The number of allylic oxidation sites excluding steroid dienone is 1. The third kappa shape index (κ3) is 5.58. The summed E-state index contributed by atoms with van der Waals surface area (Å²) in [6, 6.07) is 25.0. The molecule has 0 aromatic heterocycles. The van der Waals surface area contributed by atoms with E-state index < -0.39 is 0 Å². The van der Waals surface area contributed by atoms with Crippen LogP contribution in [0.25, 0.3) is 17.2 Å². The second kappa shape index (κ2) is 10.0. The number of rotatable bonds is 6. The molecule has 1 aliphatic rings. The predicted octanol–water partition coefficient (Wildman–Crippen LogP) is 6.74. The van der Waals surface area contributed by atoms with E-state index in [0.717, 1.165) is 42.4 Å². The minimum Gasteiger partial charge on any atom is -0.426 e. The Bertz CT molecular complexity index is 1040. The molecule has 0 bridgehead atoms. The molecule has 0 unspecified atom stereocenters. The SMILES string of the molecule is O=C(C=Cc1ccc(OC(=O)C2CCCCC2)cc1)c1ccc(-c2ccccc2)cc1.